The molecule has 0 bridgehead atoms. The summed E-state index contributed by atoms with van der Waals surface area (Å²) < 4.78 is 10.9. The standard InChI is InChI=1S/C11H9ClN2O2S/c12-11-13-4-3-7(14-11)8-1-2-9(17-8)10-15-5-6-16-10/h1-4,10H,5-6H2. The fourth-order valence-corrected chi connectivity index (χ4v) is 2.74. The van der Waals surface area contributed by atoms with Gasteiger partial charge in [-0.25, -0.2) is 9.97 Å². The van der Waals surface area contributed by atoms with Gasteiger partial charge in [-0.05, 0) is 29.8 Å². The fraction of sp³-hybridized carbons (Fsp3) is 0.273. The van der Waals surface area contributed by atoms with Crippen molar-refractivity contribution in [2.45, 2.75) is 6.29 Å². The maximum atomic E-state index is 5.76. The first-order valence-corrected chi connectivity index (χ1v) is 6.34. The van der Waals surface area contributed by atoms with Gasteiger partial charge in [0.1, 0.15) is 0 Å². The highest BCUT2D eigenvalue weighted by Gasteiger charge is 2.20. The lowest BCUT2D eigenvalue weighted by atomic mass is 10.3. The molecule has 0 radical (unpaired) electrons. The normalized spacial score (nSPS) is 16.5. The largest absolute Gasteiger partial charge is 0.345 e. The molecule has 6 heteroatoms. The number of thiophene rings is 1. The second-order valence-electron chi connectivity index (χ2n) is 3.49. The van der Waals surface area contributed by atoms with Gasteiger partial charge in [-0.1, -0.05) is 0 Å². The highest BCUT2D eigenvalue weighted by Crippen LogP contribution is 2.34. The van der Waals surface area contributed by atoms with Crippen LogP contribution in [0.5, 0.6) is 0 Å². The predicted molar refractivity (Wildman–Crippen MR) is 65.0 cm³/mol. The summed E-state index contributed by atoms with van der Waals surface area (Å²) in [4.78, 5) is 10.1. The summed E-state index contributed by atoms with van der Waals surface area (Å²) in [5.74, 6) is 0. The summed E-state index contributed by atoms with van der Waals surface area (Å²) in [6, 6.07) is 5.81. The van der Waals surface area contributed by atoms with Crippen LogP contribution in [-0.4, -0.2) is 23.2 Å². The Labute approximate surface area is 107 Å². The number of hydrogen-bond acceptors (Lipinski definition) is 5. The lowest BCUT2D eigenvalue weighted by molar-refractivity contribution is -0.0413. The average Bonchev–Trinajstić information content (AvgIpc) is 3.00. The molecule has 0 saturated carbocycles. The minimum atomic E-state index is -0.231. The highest BCUT2D eigenvalue weighted by molar-refractivity contribution is 7.15. The lowest BCUT2D eigenvalue weighted by Crippen LogP contribution is -1.93. The van der Waals surface area contributed by atoms with Crippen LogP contribution in [0.15, 0.2) is 24.4 Å². The molecule has 3 heterocycles. The van der Waals surface area contributed by atoms with Gasteiger partial charge in [0.05, 0.1) is 28.7 Å². The Hall–Kier alpha value is -1.01. The van der Waals surface area contributed by atoms with E-state index in [4.69, 9.17) is 21.1 Å². The zero-order chi connectivity index (χ0) is 11.7. The first-order chi connectivity index (χ1) is 8.33. The monoisotopic (exact) mass is 268 g/mol. The van der Waals surface area contributed by atoms with Crippen LogP contribution in [-0.2, 0) is 9.47 Å². The van der Waals surface area contributed by atoms with E-state index in [1.54, 1.807) is 17.5 Å². The van der Waals surface area contributed by atoms with Crippen LogP contribution >= 0.6 is 22.9 Å². The van der Waals surface area contributed by atoms with Crippen molar-refractivity contribution in [1.29, 1.82) is 0 Å². The van der Waals surface area contributed by atoms with Crippen LogP contribution in [0, 0.1) is 0 Å². The molecule has 88 valence electrons. The fourth-order valence-electron chi connectivity index (χ4n) is 1.61. The Balaban J connectivity index is 1.89. The van der Waals surface area contributed by atoms with Gasteiger partial charge in [-0.2, -0.15) is 0 Å². The maximum absolute atomic E-state index is 5.76. The van der Waals surface area contributed by atoms with E-state index in [1.165, 1.54) is 0 Å². The third kappa shape index (κ3) is 2.32. The van der Waals surface area contributed by atoms with E-state index in [1.807, 2.05) is 18.2 Å². The second-order valence-corrected chi connectivity index (χ2v) is 4.94. The van der Waals surface area contributed by atoms with Gasteiger partial charge >= 0.3 is 0 Å². The summed E-state index contributed by atoms with van der Waals surface area (Å²) in [7, 11) is 0. The molecule has 17 heavy (non-hydrogen) atoms. The van der Waals surface area contributed by atoms with Crippen molar-refractivity contribution in [2.75, 3.05) is 13.2 Å². The average molecular weight is 269 g/mol. The van der Waals surface area contributed by atoms with Crippen molar-refractivity contribution in [2.24, 2.45) is 0 Å². The molecule has 3 rings (SSSR count). The number of aromatic nitrogens is 2. The van der Waals surface area contributed by atoms with E-state index in [9.17, 15) is 0 Å². The van der Waals surface area contributed by atoms with Crippen LogP contribution in [0.25, 0.3) is 10.6 Å². The smallest absolute Gasteiger partial charge is 0.222 e. The van der Waals surface area contributed by atoms with Crippen molar-refractivity contribution in [3.63, 3.8) is 0 Å². The molecule has 0 spiro atoms. The molecule has 1 aliphatic heterocycles. The Morgan fingerprint density at radius 2 is 2.06 bits per heavy atom. The third-order valence-electron chi connectivity index (χ3n) is 2.36. The highest BCUT2D eigenvalue weighted by atomic mass is 35.5. The van der Waals surface area contributed by atoms with Crippen LogP contribution in [0.1, 0.15) is 11.2 Å². The van der Waals surface area contributed by atoms with Crippen LogP contribution in [0.2, 0.25) is 5.28 Å². The first kappa shape index (κ1) is 11.1. The molecule has 0 atom stereocenters. The quantitative estimate of drug-likeness (QED) is 0.786. The summed E-state index contributed by atoms with van der Waals surface area (Å²) >= 11 is 7.35. The van der Waals surface area contributed by atoms with Gasteiger partial charge in [0.2, 0.25) is 5.28 Å². The van der Waals surface area contributed by atoms with Gasteiger partial charge in [-0.15, -0.1) is 11.3 Å². The van der Waals surface area contributed by atoms with Crippen molar-refractivity contribution in [3.05, 3.63) is 34.6 Å². The van der Waals surface area contributed by atoms with Crippen LogP contribution < -0.4 is 0 Å². The zero-order valence-corrected chi connectivity index (χ0v) is 10.4. The van der Waals surface area contributed by atoms with E-state index in [0.717, 1.165) is 15.4 Å². The molecule has 1 aliphatic rings. The lowest BCUT2D eigenvalue weighted by Gasteiger charge is -2.04. The van der Waals surface area contributed by atoms with Gasteiger partial charge < -0.3 is 9.47 Å². The van der Waals surface area contributed by atoms with Crippen molar-refractivity contribution in [3.8, 4) is 10.6 Å². The Bertz CT molecular complexity index is 526. The van der Waals surface area contributed by atoms with Gasteiger partial charge in [-0.3, -0.25) is 0 Å². The summed E-state index contributed by atoms with van der Waals surface area (Å²) in [6.07, 6.45) is 1.41. The Morgan fingerprint density at radius 1 is 1.24 bits per heavy atom. The van der Waals surface area contributed by atoms with Crippen molar-refractivity contribution in [1.82, 2.24) is 9.97 Å². The SMILES string of the molecule is Clc1nccc(-c2ccc(C3OCCO3)s2)n1. The van der Waals surface area contributed by atoms with E-state index < -0.39 is 0 Å². The van der Waals surface area contributed by atoms with Gasteiger partial charge in [0.25, 0.3) is 0 Å². The van der Waals surface area contributed by atoms with Gasteiger partial charge in [0.15, 0.2) is 6.29 Å². The summed E-state index contributed by atoms with van der Waals surface area (Å²) in [6.45, 7) is 1.30. The minimum absolute atomic E-state index is 0.231. The number of rotatable bonds is 2. The molecule has 0 N–H and O–H groups in total. The molecule has 2 aromatic heterocycles. The first-order valence-electron chi connectivity index (χ1n) is 5.15. The Morgan fingerprint density at radius 3 is 2.82 bits per heavy atom. The molecule has 1 fully saturated rings. The van der Waals surface area contributed by atoms with Crippen molar-refractivity contribution >= 4 is 22.9 Å². The third-order valence-corrected chi connectivity index (χ3v) is 3.67. The molecule has 0 unspecified atom stereocenters. The topological polar surface area (TPSA) is 44.2 Å². The zero-order valence-electron chi connectivity index (χ0n) is 8.80. The summed E-state index contributed by atoms with van der Waals surface area (Å²) in [5, 5.41) is 0.255. The van der Waals surface area contributed by atoms with Gasteiger partial charge in [0, 0.05) is 6.20 Å². The molecule has 2 aromatic rings. The number of halogens is 1. The molecule has 0 aromatic carbocycles. The molecular weight excluding hydrogens is 260 g/mol. The number of nitrogens with zero attached hydrogens (tertiary/aromatic N) is 2. The Kier molecular flexibility index (Phi) is 3.07. The van der Waals surface area contributed by atoms with Crippen LogP contribution in [0.4, 0.5) is 0 Å². The van der Waals surface area contributed by atoms with E-state index >= 15 is 0 Å². The van der Waals surface area contributed by atoms with E-state index in [2.05, 4.69) is 9.97 Å². The minimum Gasteiger partial charge on any atom is -0.345 e. The van der Waals surface area contributed by atoms with E-state index in [-0.39, 0.29) is 11.6 Å². The molecule has 0 amide bonds. The molecule has 1 saturated heterocycles. The second kappa shape index (κ2) is 4.70. The number of hydrogen-bond donors (Lipinski definition) is 0. The van der Waals surface area contributed by atoms with Crippen molar-refractivity contribution < 1.29 is 9.47 Å². The molecular formula is C11H9ClN2O2S. The molecule has 0 aliphatic carbocycles. The maximum Gasteiger partial charge on any atom is 0.222 e. The summed E-state index contributed by atoms with van der Waals surface area (Å²) in [5.41, 5.74) is 0.819. The molecule has 4 nitrogen and oxygen atoms in total. The predicted octanol–water partition coefficient (Wildman–Crippen LogP) is 2.90. The number of ether oxygens (including phenoxy) is 2. The van der Waals surface area contributed by atoms with Crippen LogP contribution in [0.3, 0.4) is 0 Å². The van der Waals surface area contributed by atoms with E-state index in [0.29, 0.717) is 13.2 Å².